The minimum absolute atomic E-state index is 0.409. The van der Waals surface area contributed by atoms with Crippen LogP contribution in [0.15, 0.2) is 23.6 Å². The van der Waals surface area contributed by atoms with Crippen LogP contribution in [0.1, 0.15) is 21.8 Å². The summed E-state index contributed by atoms with van der Waals surface area (Å²) in [6.07, 6.45) is 0. The molecule has 0 fully saturated rings. The molecule has 0 spiro atoms. The Morgan fingerprint density at radius 2 is 2.22 bits per heavy atom. The highest BCUT2D eigenvalue weighted by Crippen LogP contribution is 2.19. The molecule has 0 aliphatic carbocycles. The van der Waals surface area contributed by atoms with Crippen molar-refractivity contribution < 1.29 is 0 Å². The van der Waals surface area contributed by atoms with E-state index in [0.29, 0.717) is 11.5 Å². The summed E-state index contributed by atoms with van der Waals surface area (Å²) in [4.78, 5) is 4.82. The molecule has 5 heteroatoms. The van der Waals surface area contributed by atoms with Crippen molar-refractivity contribution >= 4 is 34.2 Å². The Hall–Kier alpha value is -1.46. The predicted molar refractivity (Wildman–Crippen MR) is 81.2 cm³/mol. The van der Waals surface area contributed by atoms with E-state index in [2.05, 4.69) is 15.7 Å². The zero-order valence-corrected chi connectivity index (χ0v) is 12.0. The molecular formula is C13H15N3S2. The highest BCUT2D eigenvalue weighted by molar-refractivity contribution is 7.80. The maximum Gasteiger partial charge on any atom is 0.106 e. The Balaban J connectivity index is 2.17. The molecular weight excluding hydrogens is 262 g/mol. The molecule has 0 radical (unpaired) electrons. The average molecular weight is 277 g/mol. The topological polar surface area (TPSA) is 50.9 Å². The highest BCUT2D eigenvalue weighted by Gasteiger charge is 2.06. The van der Waals surface area contributed by atoms with Gasteiger partial charge in [0.25, 0.3) is 0 Å². The number of nitrogens with two attached hydrogens (primary N) is 1. The van der Waals surface area contributed by atoms with Crippen molar-refractivity contribution in [2.75, 3.05) is 5.32 Å². The minimum Gasteiger partial charge on any atom is -0.389 e. The van der Waals surface area contributed by atoms with Crippen LogP contribution in [0.2, 0.25) is 0 Å². The molecule has 1 aromatic carbocycles. The van der Waals surface area contributed by atoms with Gasteiger partial charge in [-0.25, -0.2) is 4.98 Å². The molecule has 0 unspecified atom stereocenters. The fraction of sp³-hybridized carbons (Fsp3) is 0.231. The van der Waals surface area contributed by atoms with Crippen LogP contribution in [0.5, 0.6) is 0 Å². The molecule has 1 aromatic heterocycles. The molecule has 18 heavy (non-hydrogen) atoms. The van der Waals surface area contributed by atoms with Gasteiger partial charge >= 0.3 is 0 Å². The van der Waals surface area contributed by atoms with Gasteiger partial charge in [0.05, 0.1) is 17.2 Å². The number of thiocarbonyl (C=S) groups is 1. The lowest BCUT2D eigenvalue weighted by Gasteiger charge is -2.11. The lowest BCUT2D eigenvalue weighted by Crippen LogP contribution is -2.13. The van der Waals surface area contributed by atoms with Crippen LogP contribution in [0.3, 0.4) is 0 Å². The van der Waals surface area contributed by atoms with Crippen molar-refractivity contribution in [2.45, 2.75) is 20.4 Å². The number of rotatable bonds is 4. The fourth-order valence-corrected chi connectivity index (χ4v) is 2.49. The van der Waals surface area contributed by atoms with Gasteiger partial charge in [0.15, 0.2) is 0 Å². The van der Waals surface area contributed by atoms with E-state index >= 15 is 0 Å². The molecule has 0 aliphatic heterocycles. The lowest BCUT2D eigenvalue weighted by atomic mass is 10.1. The Morgan fingerprint density at radius 1 is 1.44 bits per heavy atom. The monoisotopic (exact) mass is 277 g/mol. The first-order valence-corrected chi connectivity index (χ1v) is 6.90. The maximum atomic E-state index is 5.72. The highest BCUT2D eigenvalue weighted by atomic mass is 32.1. The van der Waals surface area contributed by atoms with Crippen molar-refractivity contribution in [2.24, 2.45) is 5.73 Å². The number of benzene rings is 1. The second kappa shape index (κ2) is 5.46. The SMILES string of the molecule is Cc1ccc(C(N)=S)c(NCc2csc(C)n2)c1. The molecule has 0 bridgehead atoms. The summed E-state index contributed by atoms with van der Waals surface area (Å²) < 4.78 is 0. The summed E-state index contributed by atoms with van der Waals surface area (Å²) in [6, 6.07) is 6.01. The summed E-state index contributed by atoms with van der Waals surface area (Å²) in [7, 11) is 0. The van der Waals surface area contributed by atoms with Crippen molar-refractivity contribution in [3.8, 4) is 0 Å². The zero-order chi connectivity index (χ0) is 13.1. The second-order valence-corrected chi connectivity index (χ2v) is 5.63. The van der Waals surface area contributed by atoms with Crippen molar-refractivity contribution in [1.29, 1.82) is 0 Å². The largest absolute Gasteiger partial charge is 0.389 e. The van der Waals surface area contributed by atoms with Crippen LogP contribution in [0.25, 0.3) is 0 Å². The third kappa shape index (κ3) is 3.05. The van der Waals surface area contributed by atoms with Crippen LogP contribution in [-0.4, -0.2) is 9.97 Å². The number of hydrogen-bond acceptors (Lipinski definition) is 4. The Kier molecular flexibility index (Phi) is 3.93. The summed E-state index contributed by atoms with van der Waals surface area (Å²) in [5.41, 5.74) is 9.77. The van der Waals surface area contributed by atoms with E-state index in [9.17, 15) is 0 Å². The number of nitrogens with zero attached hydrogens (tertiary/aromatic N) is 1. The first kappa shape index (κ1) is 13.0. The third-order valence-corrected chi connectivity index (χ3v) is 3.61. The summed E-state index contributed by atoms with van der Waals surface area (Å²) in [6.45, 7) is 4.73. The van der Waals surface area contributed by atoms with Gasteiger partial charge in [-0.05, 0) is 31.5 Å². The fourth-order valence-electron chi connectivity index (χ4n) is 1.69. The van der Waals surface area contributed by atoms with Crippen LogP contribution < -0.4 is 11.1 Å². The molecule has 3 nitrogen and oxygen atoms in total. The van der Waals surface area contributed by atoms with E-state index in [0.717, 1.165) is 22.0 Å². The Morgan fingerprint density at radius 3 is 2.83 bits per heavy atom. The molecule has 0 aliphatic rings. The van der Waals surface area contributed by atoms with Crippen LogP contribution in [0, 0.1) is 13.8 Å². The van der Waals surface area contributed by atoms with Gasteiger partial charge in [-0.1, -0.05) is 18.3 Å². The number of anilines is 1. The Bertz CT molecular complexity index is 575. The molecule has 0 saturated carbocycles. The normalized spacial score (nSPS) is 10.3. The molecule has 94 valence electrons. The molecule has 3 N–H and O–H groups in total. The van der Waals surface area contributed by atoms with E-state index in [1.165, 1.54) is 5.56 Å². The number of hydrogen-bond donors (Lipinski definition) is 2. The molecule has 1 heterocycles. The first-order valence-electron chi connectivity index (χ1n) is 5.61. The standard InChI is InChI=1S/C13H15N3S2/c1-8-3-4-11(13(14)17)12(5-8)15-6-10-7-18-9(2)16-10/h3-5,7,15H,6H2,1-2H3,(H2,14,17). The third-order valence-electron chi connectivity index (χ3n) is 2.57. The van der Waals surface area contributed by atoms with Gasteiger partial charge in [0, 0.05) is 16.6 Å². The number of aryl methyl sites for hydroxylation is 2. The average Bonchev–Trinajstić information content (AvgIpc) is 2.72. The maximum absolute atomic E-state index is 5.72. The summed E-state index contributed by atoms with van der Waals surface area (Å²) >= 11 is 6.70. The van der Waals surface area contributed by atoms with Crippen LogP contribution in [-0.2, 0) is 6.54 Å². The van der Waals surface area contributed by atoms with E-state index in [4.69, 9.17) is 18.0 Å². The van der Waals surface area contributed by atoms with Crippen LogP contribution >= 0.6 is 23.6 Å². The van der Waals surface area contributed by atoms with E-state index in [1.807, 2.05) is 32.0 Å². The minimum atomic E-state index is 0.409. The van der Waals surface area contributed by atoms with Crippen LogP contribution in [0.4, 0.5) is 5.69 Å². The van der Waals surface area contributed by atoms with E-state index in [-0.39, 0.29) is 0 Å². The zero-order valence-electron chi connectivity index (χ0n) is 10.4. The number of aromatic nitrogens is 1. The lowest BCUT2D eigenvalue weighted by molar-refractivity contribution is 1.05. The first-order chi connectivity index (χ1) is 8.56. The second-order valence-electron chi connectivity index (χ2n) is 4.12. The smallest absolute Gasteiger partial charge is 0.106 e. The molecule has 0 saturated heterocycles. The molecule has 0 atom stereocenters. The van der Waals surface area contributed by atoms with Gasteiger partial charge in [-0.3, -0.25) is 0 Å². The van der Waals surface area contributed by atoms with Gasteiger partial charge in [-0.15, -0.1) is 11.3 Å². The number of thiazole rings is 1. The molecule has 2 aromatic rings. The van der Waals surface area contributed by atoms with Crippen molar-refractivity contribution in [3.05, 3.63) is 45.4 Å². The number of nitrogens with one attached hydrogen (secondary N) is 1. The predicted octanol–water partition coefficient (Wildman–Crippen LogP) is 3.01. The van der Waals surface area contributed by atoms with Gasteiger partial charge in [-0.2, -0.15) is 0 Å². The van der Waals surface area contributed by atoms with Gasteiger partial charge in [0.2, 0.25) is 0 Å². The van der Waals surface area contributed by atoms with E-state index in [1.54, 1.807) is 11.3 Å². The van der Waals surface area contributed by atoms with E-state index < -0.39 is 0 Å². The molecule has 0 amide bonds. The summed E-state index contributed by atoms with van der Waals surface area (Å²) in [5, 5.41) is 6.47. The van der Waals surface area contributed by atoms with Crippen molar-refractivity contribution in [3.63, 3.8) is 0 Å². The molecule has 2 rings (SSSR count). The quantitative estimate of drug-likeness (QED) is 0.844. The van der Waals surface area contributed by atoms with Crippen molar-refractivity contribution in [1.82, 2.24) is 4.98 Å². The summed E-state index contributed by atoms with van der Waals surface area (Å²) in [5.74, 6) is 0. The van der Waals surface area contributed by atoms with Gasteiger partial charge < -0.3 is 11.1 Å². The Labute approximate surface area is 116 Å². The van der Waals surface area contributed by atoms with Gasteiger partial charge in [0.1, 0.15) is 4.99 Å².